The Bertz CT molecular complexity index is 1100. The molecule has 0 saturated heterocycles. The lowest BCUT2D eigenvalue weighted by Gasteiger charge is -2.16. The number of carbonyl (C=O) groups excluding carboxylic acids is 2. The second-order valence-corrected chi connectivity index (χ2v) is 9.30. The Morgan fingerprint density at radius 2 is 1.73 bits per heavy atom. The Kier molecular flexibility index (Phi) is 6.62. The number of ether oxygens (including phenoxy) is 1. The second-order valence-electron chi connectivity index (χ2n) is 6.99. The maximum atomic E-state index is 12.7. The SMILES string of the molecule is CON(C)S(=O)(=O)c1cc(C(=O)OC(C)C(=O)c2ccc3c(c2)CCC3)ccc1Cl. The number of nitrogens with zero attached hydrogens (tertiary/aromatic N) is 1. The fraction of sp³-hybridized carbons (Fsp3) is 0.333. The van der Waals surface area contributed by atoms with Crippen molar-refractivity contribution in [2.75, 3.05) is 14.2 Å². The van der Waals surface area contributed by atoms with Gasteiger partial charge in [-0.15, -0.1) is 0 Å². The molecule has 0 amide bonds. The number of hydrogen-bond acceptors (Lipinski definition) is 6. The van der Waals surface area contributed by atoms with Crippen molar-refractivity contribution in [3.8, 4) is 0 Å². The van der Waals surface area contributed by atoms with E-state index < -0.39 is 22.1 Å². The van der Waals surface area contributed by atoms with Gasteiger partial charge in [0.1, 0.15) is 4.90 Å². The van der Waals surface area contributed by atoms with Gasteiger partial charge >= 0.3 is 5.97 Å². The fourth-order valence-electron chi connectivity index (χ4n) is 3.31. The Morgan fingerprint density at radius 3 is 2.43 bits per heavy atom. The maximum absolute atomic E-state index is 12.7. The number of hydroxylamine groups is 1. The van der Waals surface area contributed by atoms with Crippen molar-refractivity contribution in [3.05, 3.63) is 63.7 Å². The van der Waals surface area contributed by atoms with Crippen LogP contribution in [0.15, 0.2) is 41.3 Å². The van der Waals surface area contributed by atoms with Crippen molar-refractivity contribution < 1.29 is 27.6 Å². The average Bonchev–Trinajstić information content (AvgIpc) is 3.20. The smallest absolute Gasteiger partial charge is 0.338 e. The molecule has 0 N–H and O–H groups in total. The van der Waals surface area contributed by atoms with E-state index in [0.29, 0.717) is 10.0 Å². The van der Waals surface area contributed by atoms with Crippen LogP contribution in [0.3, 0.4) is 0 Å². The standard InChI is InChI=1S/C21H22ClNO6S/c1-13(20(24)16-8-7-14-5-4-6-15(14)11-16)29-21(25)17-9-10-18(22)19(12-17)30(26,27)23(2)28-3/h7-13H,4-6H2,1-3H3. The van der Waals surface area contributed by atoms with Gasteiger partial charge in [-0.05, 0) is 61.6 Å². The lowest BCUT2D eigenvalue weighted by Crippen LogP contribution is -2.27. The van der Waals surface area contributed by atoms with Crippen molar-refractivity contribution in [1.82, 2.24) is 4.47 Å². The summed E-state index contributed by atoms with van der Waals surface area (Å²) in [6, 6.07) is 9.24. The first-order chi connectivity index (χ1) is 14.1. The highest BCUT2D eigenvalue weighted by molar-refractivity contribution is 7.89. The van der Waals surface area contributed by atoms with Gasteiger partial charge in [0.05, 0.1) is 17.7 Å². The summed E-state index contributed by atoms with van der Waals surface area (Å²) < 4.78 is 30.9. The number of carbonyl (C=O) groups is 2. The van der Waals surface area contributed by atoms with Gasteiger partial charge in [0.25, 0.3) is 10.0 Å². The van der Waals surface area contributed by atoms with E-state index in [2.05, 4.69) is 0 Å². The van der Waals surface area contributed by atoms with E-state index >= 15 is 0 Å². The molecule has 0 radical (unpaired) electrons. The van der Waals surface area contributed by atoms with Gasteiger partial charge in [-0.3, -0.25) is 9.63 Å². The van der Waals surface area contributed by atoms with Crippen LogP contribution in [0.2, 0.25) is 5.02 Å². The van der Waals surface area contributed by atoms with Crippen LogP contribution in [-0.4, -0.2) is 44.9 Å². The molecule has 9 heteroatoms. The highest BCUT2D eigenvalue weighted by Gasteiger charge is 2.27. The minimum atomic E-state index is -4.06. The lowest BCUT2D eigenvalue weighted by atomic mass is 10.0. The van der Waals surface area contributed by atoms with Crippen LogP contribution < -0.4 is 0 Å². The number of ketones is 1. The summed E-state index contributed by atoms with van der Waals surface area (Å²) in [4.78, 5) is 29.7. The van der Waals surface area contributed by atoms with Gasteiger partial charge in [-0.1, -0.05) is 28.2 Å². The largest absolute Gasteiger partial charge is 0.451 e. The highest BCUT2D eigenvalue weighted by Crippen LogP contribution is 2.26. The molecule has 0 saturated carbocycles. The average molecular weight is 452 g/mol. The third-order valence-electron chi connectivity index (χ3n) is 5.08. The Morgan fingerprint density at radius 1 is 1.07 bits per heavy atom. The Hall–Kier alpha value is -2.26. The van der Waals surface area contributed by atoms with Crippen LogP contribution >= 0.6 is 11.6 Å². The van der Waals surface area contributed by atoms with Crippen LogP contribution in [0, 0.1) is 0 Å². The Labute approximate surface area is 180 Å². The zero-order valence-corrected chi connectivity index (χ0v) is 18.4. The monoisotopic (exact) mass is 451 g/mol. The van der Waals surface area contributed by atoms with Gasteiger partial charge in [0.15, 0.2) is 6.10 Å². The molecule has 1 aliphatic carbocycles. The lowest BCUT2D eigenvalue weighted by molar-refractivity contribution is -0.0258. The first-order valence-electron chi connectivity index (χ1n) is 9.34. The van der Waals surface area contributed by atoms with Gasteiger partial charge < -0.3 is 4.74 Å². The molecule has 2 aromatic carbocycles. The molecule has 3 rings (SSSR count). The van der Waals surface area contributed by atoms with Crippen LogP contribution in [0.4, 0.5) is 0 Å². The molecule has 1 atom stereocenters. The van der Waals surface area contributed by atoms with E-state index in [1.54, 1.807) is 6.07 Å². The normalized spacial score (nSPS) is 14.4. The maximum Gasteiger partial charge on any atom is 0.338 e. The van der Waals surface area contributed by atoms with Crippen molar-refractivity contribution in [2.45, 2.75) is 37.2 Å². The van der Waals surface area contributed by atoms with Crippen LogP contribution in [-0.2, 0) is 32.4 Å². The number of fused-ring (bicyclic) bond motifs is 1. The number of halogens is 1. The number of esters is 1. The highest BCUT2D eigenvalue weighted by atomic mass is 35.5. The first kappa shape index (κ1) is 22.4. The zero-order valence-electron chi connectivity index (χ0n) is 16.8. The van der Waals surface area contributed by atoms with E-state index in [1.165, 1.54) is 38.8 Å². The molecule has 7 nitrogen and oxygen atoms in total. The number of hydrogen-bond donors (Lipinski definition) is 0. The number of aryl methyl sites for hydroxylation is 2. The molecule has 1 aliphatic rings. The third-order valence-corrected chi connectivity index (χ3v) is 7.24. The summed E-state index contributed by atoms with van der Waals surface area (Å²) >= 11 is 6.00. The van der Waals surface area contributed by atoms with E-state index in [4.69, 9.17) is 21.2 Å². The predicted octanol–water partition coefficient (Wildman–Crippen LogP) is 3.44. The zero-order chi connectivity index (χ0) is 22.1. The summed E-state index contributed by atoms with van der Waals surface area (Å²) in [6.45, 7) is 1.49. The fourth-order valence-corrected chi connectivity index (χ4v) is 4.78. The molecule has 0 aromatic heterocycles. The van der Waals surface area contributed by atoms with Crippen molar-refractivity contribution >= 4 is 33.4 Å². The van der Waals surface area contributed by atoms with Gasteiger partial charge in [0.2, 0.25) is 5.78 Å². The first-order valence-corrected chi connectivity index (χ1v) is 11.2. The predicted molar refractivity (Wildman–Crippen MR) is 111 cm³/mol. The molecule has 30 heavy (non-hydrogen) atoms. The van der Waals surface area contributed by atoms with E-state index in [-0.39, 0.29) is 21.3 Å². The van der Waals surface area contributed by atoms with E-state index in [9.17, 15) is 18.0 Å². The Balaban J connectivity index is 1.79. The quantitative estimate of drug-likeness (QED) is 0.364. The van der Waals surface area contributed by atoms with Crippen molar-refractivity contribution in [2.24, 2.45) is 0 Å². The van der Waals surface area contributed by atoms with Gasteiger partial charge in [-0.25, -0.2) is 13.2 Å². The number of sulfonamides is 1. The van der Waals surface area contributed by atoms with E-state index in [1.807, 2.05) is 12.1 Å². The molecule has 2 aromatic rings. The van der Waals surface area contributed by atoms with Crippen LogP contribution in [0.5, 0.6) is 0 Å². The van der Waals surface area contributed by atoms with E-state index in [0.717, 1.165) is 30.9 Å². The van der Waals surface area contributed by atoms with Crippen LogP contribution in [0.1, 0.15) is 45.2 Å². The number of rotatable bonds is 7. The minimum absolute atomic E-state index is 0.0453. The summed E-state index contributed by atoms with van der Waals surface area (Å²) in [5.41, 5.74) is 2.83. The molecule has 0 heterocycles. The molecular formula is C21H22ClNO6S. The summed E-state index contributed by atoms with van der Waals surface area (Å²) in [5.74, 6) is -1.15. The second kappa shape index (κ2) is 8.85. The molecule has 0 spiro atoms. The minimum Gasteiger partial charge on any atom is -0.451 e. The summed E-state index contributed by atoms with van der Waals surface area (Å²) in [5, 5.41) is -0.0716. The molecule has 1 unspecified atom stereocenters. The third kappa shape index (κ3) is 4.41. The molecule has 0 fully saturated rings. The van der Waals surface area contributed by atoms with Gasteiger partial charge in [-0.2, -0.15) is 0 Å². The number of Topliss-reactive ketones (excluding diaryl/α,β-unsaturated/α-hetero) is 1. The summed E-state index contributed by atoms with van der Waals surface area (Å²) in [7, 11) is -1.67. The van der Waals surface area contributed by atoms with Crippen molar-refractivity contribution in [1.29, 1.82) is 0 Å². The summed E-state index contributed by atoms with van der Waals surface area (Å²) in [6.07, 6.45) is 1.98. The van der Waals surface area contributed by atoms with Crippen molar-refractivity contribution in [3.63, 3.8) is 0 Å². The topological polar surface area (TPSA) is 90.0 Å². The van der Waals surface area contributed by atoms with Gasteiger partial charge in [0, 0.05) is 12.6 Å². The molecule has 160 valence electrons. The van der Waals surface area contributed by atoms with Crippen LogP contribution in [0.25, 0.3) is 0 Å². The molecule has 0 aliphatic heterocycles. The number of benzene rings is 2. The molecular weight excluding hydrogens is 430 g/mol. The molecule has 0 bridgehead atoms.